The molecule has 0 aliphatic heterocycles. The predicted octanol–water partition coefficient (Wildman–Crippen LogP) is 3.26. The summed E-state index contributed by atoms with van der Waals surface area (Å²) < 4.78 is 5.79. The van der Waals surface area contributed by atoms with E-state index in [4.69, 9.17) is 4.43 Å². The summed E-state index contributed by atoms with van der Waals surface area (Å²) in [6.07, 6.45) is 1.84. The second-order valence-electron chi connectivity index (χ2n) is 4.93. The third-order valence-electron chi connectivity index (χ3n) is 2.24. The quantitative estimate of drug-likeness (QED) is 0.708. The molecule has 0 radical (unpaired) electrons. The van der Waals surface area contributed by atoms with Gasteiger partial charge in [-0.1, -0.05) is 45.6 Å². The largest absolute Gasteiger partial charge is 0.549 e. The summed E-state index contributed by atoms with van der Waals surface area (Å²) >= 11 is 0. The van der Waals surface area contributed by atoms with E-state index in [-0.39, 0.29) is 0 Å². The van der Waals surface area contributed by atoms with Gasteiger partial charge in [-0.25, -0.2) is 0 Å². The molecule has 0 saturated heterocycles. The molecule has 1 rings (SSSR count). The summed E-state index contributed by atoms with van der Waals surface area (Å²) in [5.41, 5.74) is 1.53. The minimum atomic E-state index is -0.436. The fourth-order valence-corrected chi connectivity index (χ4v) is 2.32. The van der Waals surface area contributed by atoms with Crippen LogP contribution in [0, 0.1) is 5.41 Å². The van der Waals surface area contributed by atoms with Crippen molar-refractivity contribution in [2.45, 2.75) is 26.8 Å². The highest BCUT2D eigenvalue weighted by molar-refractivity contribution is 6.28. The van der Waals surface area contributed by atoms with Crippen molar-refractivity contribution in [3.63, 3.8) is 0 Å². The SMILES string of the molecule is C=Cc1ccc(O[SiH2]CC(C)(C)C)cc1. The van der Waals surface area contributed by atoms with E-state index in [2.05, 4.69) is 27.4 Å². The Bertz CT molecular complexity index is 308. The molecule has 0 fully saturated rings. The van der Waals surface area contributed by atoms with Crippen molar-refractivity contribution >= 4 is 15.8 Å². The Balaban J connectivity index is 2.41. The average molecular weight is 220 g/mol. The molecule has 1 nitrogen and oxygen atoms in total. The maximum atomic E-state index is 5.79. The van der Waals surface area contributed by atoms with Gasteiger partial charge in [-0.3, -0.25) is 0 Å². The molecule has 0 unspecified atom stereocenters. The second-order valence-corrected chi connectivity index (χ2v) is 6.13. The molecule has 82 valence electrons. The highest BCUT2D eigenvalue weighted by Crippen LogP contribution is 2.19. The van der Waals surface area contributed by atoms with Gasteiger partial charge < -0.3 is 4.43 Å². The third-order valence-corrected chi connectivity index (χ3v) is 4.48. The molecule has 2 heteroatoms. The van der Waals surface area contributed by atoms with E-state index in [0.29, 0.717) is 5.41 Å². The van der Waals surface area contributed by atoms with Crippen molar-refractivity contribution in [3.05, 3.63) is 36.4 Å². The van der Waals surface area contributed by atoms with Gasteiger partial charge in [0, 0.05) is 0 Å². The van der Waals surface area contributed by atoms with Crippen LogP contribution in [0.2, 0.25) is 6.04 Å². The number of rotatable bonds is 4. The van der Waals surface area contributed by atoms with Crippen LogP contribution in [0.5, 0.6) is 5.75 Å². The van der Waals surface area contributed by atoms with Gasteiger partial charge >= 0.3 is 0 Å². The Morgan fingerprint density at radius 2 is 1.87 bits per heavy atom. The highest BCUT2D eigenvalue weighted by Gasteiger charge is 2.10. The van der Waals surface area contributed by atoms with E-state index in [9.17, 15) is 0 Å². The molecule has 1 aromatic carbocycles. The molecule has 0 spiro atoms. The molecule has 0 atom stereocenters. The molecular weight excluding hydrogens is 200 g/mol. The van der Waals surface area contributed by atoms with Gasteiger partial charge in [0.25, 0.3) is 0 Å². The minimum Gasteiger partial charge on any atom is -0.549 e. The van der Waals surface area contributed by atoms with Crippen molar-refractivity contribution in [1.29, 1.82) is 0 Å². The molecule has 1 aromatic rings. The Labute approximate surface area is 95.1 Å². The Morgan fingerprint density at radius 3 is 2.33 bits per heavy atom. The van der Waals surface area contributed by atoms with Crippen LogP contribution in [0.3, 0.4) is 0 Å². The average Bonchev–Trinajstić information content (AvgIpc) is 2.17. The standard InChI is InChI=1S/C13H20OSi/c1-5-11-6-8-12(9-7-11)14-15-10-13(2,3)4/h5-9H,1,10,15H2,2-4H3. The summed E-state index contributed by atoms with van der Waals surface area (Å²) in [7, 11) is -0.436. The zero-order valence-corrected chi connectivity index (χ0v) is 11.3. The zero-order chi connectivity index (χ0) is 11.3. The third kappa shape index (κ3) is 4.84. The van der Waals surface area contributed by atoms with Crippen molar-refractivity contribution in [3.8, 4) is 5.75 Å². The molecule has 0 N–H and O–H groups in total. The van der Waals surface area contributed by atoms with E-state index in [1.807, 2.05) is 30.3 Å². The molecule has 15 heavy (non-hydrogen) atoms. The lowest BCUT2D eigenvalue weighted by Crippen LogP contribution is -2.13. The number of hydrogen-bond acceptors (Lipinski definition) is 1. The fourth-order valence-electron chi connectivity index (χ4n) is 1.18. The van der Waals surface area contributed by atoms with Crippen molar-refractivity contribution < 1.29 is 4.43 Å². The second kappa shape index (κ2) is 5.17. The van der Waals surface area contributed by atoms with Crippen molar-refractivity contribution in [1.82, 2.24) is 0 Å². The molecule has 0 bridgehead atoms. The lowest BCUT2D eigenvalue weighted by atomic mass is 10.0. The fraction of sp³-hybridized carbons (Fsp3) is 0.385. The van der Waals surface area contributed by atoms with E-state index in [1.165, 1.54) is 6.04 Å². The van der Waals surface area contributed by atoms with Crippen LogP contribution < -0.4 is 4.43 Å². The first-order valence-electron chi connectivity index (χ1n) is 5.36. The molecule has 0 aliphatic rings. The smallest absolute Gasteiger partial charge is 0.220 e. The first-order chi connectivity index (χ1) is 7.01. The van der Waals surface area contributed by atoms with Crippen LogP contribution in [0.15, 0.2) is 30.8 Å². The van der Waals surface area contributed by atoms with Gasteiger partial charge in [-0.15, -0.1) is 0 Å². The van der Waals surface area contributed by atoms with E-state index in [1.54, 1.807) is 0 Å². The van der Waals surface area contributed by atoms with Crippen molar-refractivity contribution in [2.75, 3.05) is 0 Å². The molecule has 0 saturated carbocycles. The Hall–Kier alpha value is -1.02. The van der Waals surface area contributed by atoms with E-state index < -0.39 is 9.76 Å². The molecule has 0 amide bonds. The monoisotopic (exact) mass is 220 g/mol. The molecule has 0 heterocycles. The van der Waals surface area contributed by atoms with Crippen LogP contribution in [0.1, 0.15) is 26.3 Å². The first kappa shape index (κ1) is 12.0. The summed E-state index contributed by atoms with van der Waals surface area (Å²) in [6, 6.07) is 9.32. The topological polar surface area (TPSA) is 9.23 Å². The summed E-state index contributed by atoms with van der Waals surface area (Å²) in [6.45, 7) is 10.5. The summed E-state index contributed by atoms with van der Waals surface area (Å²) in [5, 5.41) is 0. The molecular formula is C13H20OSi. The molecule has 0 aromatic heterocycles. The van der Waals surface area contributed by atoms with Gasteiger partial charge in [-0.05, 0) is 29.2 Å². The maximum Gasteiger partial charge on any atom is 0.220 e. The van der Waals surface area contributed by atoms with E-state index in [0.717, 1.165) is 11.3 Å². The number of benzene rings is 1. The predicted molar refractivity (Wildman–Crippen MR) is 70.0 cm³/mol. The normalized spacial score (nSPS) is 11.9. The van der Waals surface area contributed by atoms with Crippen LogP contribution in [-0.4, -0.2) is 9.76 Å². The van der Waals surface area contributed by atoms with Gasteiger partial charge in [0.2, 0.25) is 9.76 Å². The van der Waals surface area contributed by atoms with Crippen LogP contribution in [0.4, 0.5) is 0 Å². The van der Waals surface area contributed by atoms with Gasteiger partial charge in [-0.2, -0.15) is 0 Å². The Morgan fingerprint density at radius 1 is 1.27 bits per heavy atom. The lowest BCUT2D eigenvalue weighted by molar-refractivity contribution is 0.447. The Kier molecular flexibility index (Phi) is 4.15. The highest BCUT2D eigenvalue weighted by atomic mass is 28.2. The summed E-state index contributed by atoms with van der Waals surface area (Å²) in [4.78, 5) is 0. The first-order valence-corrected chi connectivity index (χ1v) is 6.94. The van der Waals surface area contributed by atoms with Crippen LogP contribution in [0.25, 0.3) is 6.08 Å². The van der Waals surface area contributed by atoms with Gasteiger partial charge in [0.1, 0.15) is 5.75 Å². The minimum absolute atomic E-state index is 0.396. The zero-order valence-electron chi connectivity index (χ0n) is 9.92. The van der Waals surface area contributed by atoms with E-state index >= 15 is 0 Å². The van der Waals surface area contributed by atoms with Crippen LogP contribution >= 0.6 is 0 Å². The lowest BCUT2D eigenvalue weighted by Gasteiger charge is -2.17. The van der Waals surface area contributed by atoms with Gasteiger partial charge in [0.05, 0.1) is 0 Å². The molecule has 0 aliphatic carbocycles. The van der Waals surface area contributed by atoms with Crippen LogP contribution in [-0.2, 0) is 0 Å². The maximum absolute atomic E-state index is 5.79. The summed E-state index contributed by atoms with van der Waals surface area (Å²) in [5.74, 6) is 0.997. The number of hydrogen-bond donors (Lipinski definition) is 0. The van der Waals surface area contributed by atoms with Crippen molar-refractivity contribution in [2.24, 2.45) is 5.41 Å². The van der Waals surface area contributed by atoms with Gasteiger partial charge in [0.15, 0.2) is 0 Å².